The van der Waals surface area contributed by atoms with Crippen molar-refractivity contribution in [2.75, 3.05) is 0 Å². The van der Waals surface area contributed by atoms with Gasteiger partial charge in [-0.2, -0.15) is 0 Å². The zero-order chi connectivity index (χ0) is 9.42. The van der Waals surface area contributed by atoms with Gasteiger partial charge < -0.3 is 5.73 Å². The van der Waals surface area contributed by atoms with Crippen LogP contribution in [0.15, 0.2) is 22.7 Å². The Bertz CT molecular complexity index is 323. The summed E-state index contributed by atoms with van der Waals surface area (Å²) in [5, 5.41) is 0.766. The molecule has 0 aromatic heterocycles. The average Bonchev–Trinajstić information content (AvgIpc) is 2.91. The molecule has 0 amide bonds. The number of hydrogen-bond acceptors (Lipinski definition) is 1. The lowest BCUT2D eigenvalue weighted by molar-refractivity contribution is 0.633. The Labute approximate surface area is 91.4 Å². The van der Waals surface area contributed by atoms with Crippen molar-refractivity contribution in [2.24, 2.45) is 11.7 Å². The smallest absolute Gasteiger partial charge is 0.0595 e. The van der Waals surface area contributed by atoms with Crippen molar-refractivity contribution >= 4 is 27.5 Å². The van der Waals surface area contributed by atoms with Crippen LogP contribution in [0, 0.1) is 5.92 Å². The summed E-state index contributed by atoms with van der Waals surface area (Å²) in [5.74, 6) is 0.645. The van der Waals surface area contributed by atoms with Gasteiger partial charge in [-0.25, -0.2) is 0 Å². The van der Waals surface area contributed by atoms with Crippen molar-refractivity contribution in [3.63, 3.8) is 0 Å². The van der Waals surface area contributed by atoms with E-state index in [2.05, 4.69) is 15.9 Å². The zero-order valence-corrected chi connectivity index (χ0v) is 9.48. The summed E-state index contributed by atoms with van der Waals surface area (Å²) in [6, 6.07) is 6.04. The minimum absolute atomic E-state index is 0.116. The molecule has 0 saturated heterocycles. The fourth-order valence-electron chi connectivity index (χ4n) is 1.49. The number of nitrogens with two attached hydrogens (primary N) is 1. The van der Waals surface area contributed by atoms with E-state index in [1.165, 1.54) is 12.8 Å². The van der Waals surface area contributed by atoms with Gasteiger partial charge in [0.1, 0.15) is 0 Å². The highest BCUT2D eigenvalue weighted by Crippen LogP contribution is 2.42. The van der Waals surface area contributed by atoms with E-state index in [0.717, 1.165) is 15.1 Å². The number of halogens is 2. The second-order valence-electron chi connectivity index (χ2n) is 3.51. The third-order valence-corrected chi connectivity index (χ3v) is 3.78. The van der Waals surface area contributed by atoms with Crippen LogP contribution in [0.4, 0.5) is 0 Å². The van der Waals surface area contributed by atoms with Gasteiger partial charge in [-0.1, -0.05) is 23.7 Å². The predicted octanol–water partition coefficient (Wildman–Crippen LogP) is 3.51. The zero-order valence-electron chi connectivity index (χ0n) is 7.13. The maximum Gasteiger partial charge on any atom is 0.0595 e. The topological polar surface area (TPSA) is 26.0 Å². The van der Waals surface area contributed by atoms with Crippen molar-refractivity contribution in [2.45, 2.75) is 18.9 Å². The minimum Gasteiger partial charge on any atom is -0.324 e. The van der Waals surface area contributed by atoms with Gasteiger partial charge in [0.25, 0.3) is 0 Å². The molecule has 1 nitrogen and oxygen atoms in total. The molecule has 0 bridgehead atoms. The number of benzene rings is 1. The van der Waals surface area contributed by atoms with Crippen LogP contribution in [-0.2, 0) is 0 Å². The molecule has 0 aliphatic heterocycles. The Balaban J connectivity index is 2.32. The Hall–Kier alpha value is -0.0500. The monoisotopic (exact) mass is 259 g/mol. The molecule has 1 aliphatic carbocycles. The molecular formula is C10H11BrClN. The van der Waals surface area contributed by atoms with Crippen LogP contribution in [-0.4, -0.2) is 0 Å². The molecule has 0 heterocycles. The first-order valence-corrected chi connectivity index (χ1v) is 5.56. The van der Waals surface area contributed by atoms with Crippen molar-refractivity contribution in [3.05, 3.63) is 33.3 Å². The Morgan fingerprint density at radius 2 is 2.15 bits per heavy atom. The first kappa shape index (κ1) is 9.50. The van der Waals surface area contributed by atoms with Crippen LogP contribution in [0.5, 0.6) is 0 Å². The molecule has 1 aliphatic rings. The van der Waals surface area contributed by atoms with Crippen LogP contribution in [0.2, 0.25) is 5.02 Å². The summed E-state index contributed by atoms with van der Waals surface area (Å²) in [7, 11) is 0. The van der Waals surface area contributed by atoms with Crippen molar-refractivity contribution in [3.8, 4) is 0 Å². The van der Waals surface area contributed by atoms with E-state index in [-0.39, 0.29) is 6.04 Å². The van der Waals surface area contributed by atoms with Gasteiger partial charge in [-0.05, 0) is 46.3 Å². The highest BCUT2D eigenvalue weighted by molar-refractivity contribution is 9.10. The van der Waals surface area contributed by atoms with Gasteiger partial charge in [0.2, 0.25) is 0 Å². The molecule has 1 aromatic carbocycles. The molecule has 2 rings (SSSR count). The summed E-state index contributed by atoms with van der Waals surface area (Å²) in [4.78, 5) is 0. The lowest BCUT2D eigenvalue weighted by atomic mass is 10.0. The third-order valence-electron chi connectivity index (χ3n) is 2.47. The number of rotatable bonds is 2. The first-order valence-electron chi connectivity index (χ1n) is 4.39. The summed E-state index contributed by atoms with van der Waals surface area (Å²) < 4.78 is 0.933. The molecule has 2 N–H and O–H groups in total. The Morgan fingerprint density at radius 1 is 1.46 bits per heavy atom. The Kier molecular flexibility index (Phi) is 2.63. The molecule has 0 radical (unpaired) electrons. The standard InChI is InChI=1S/C10H11BrClN/c11-8-3-1-2-7(9(8)12)10(13)6-4-5-6/h1-3,6,10H,4-5,13H2/t10-/m1/s1. The second-order valence-corrected chi connectivity index (χ2v) is 4.74. The van der Waals surface area contributed by atoms with Crippen molar-refractivity contribution < 1.29 is 0 Å². The summed E-state index contributed by atoms with van der Waals surface area (Å²) in [5.41, 5.74) is 7.13. The maximum absolute atomic E-state index is 6.13. The van der Waals surface area contributed by atoms with E-state index in [1.54, 1.807) is 0 Å². The van der Waals surface area contributed by atoms with E-state index < -0.39 is 0 Å². The van der Waals surface area contributed by atoms with Gasteiger partial charge in [0.15, 0.2) is 0 Å². The summed E-state index contributed by atoms with van der Waals surface area (Å²) in [6.45, 7) is 0. The lowest BCUT2D eigenvalue weighted by Gasteiger charge is -2.13. The molecule has 0 unspecified atom stereocenters. The molecule has 1 saturated carbocycles. The van der Waals surface area contributed by atoms with Crippen LogP contribution in [0.1, 0.15) is 24.4 Å². The molecule has 70 valence electrons. The fourth-order valence-corrected chi connectivity index (χ4v) is 2.12. The first-order chi connectivity index (χ1) is 6.20. The van der Waals surface area contributed by atoms with E-state index in [4.69, 9.17) is 17.3 Å². The van der Waals surface area contributed by atoms with Gasteiger partial charge in [-0.3, -0.25) is 0 Å². The van der Waals surface area contributed by atoms with Crippen molar-refractivity contribution in [1.82, 2.24) is 0 Å². The molecule has 13 heavy (non-hydrogen) atoms. The molecule has 3 heteroatoms. The third kappa shape index (κ3) is 1.90. The molecule has 0 spiro atoms. The SMILES string of the molecule is N[C@@H](c1cccc(Br)c1Cl)C1CC1. The quantitative estimate of drug-likeness (QED) is 0.865. The van der Waals surface area contributed by atoms with Gasteiger partial charge in [-0.15, -0.1) is 0 Å². The molecule has 1 atom stereocenters. The number of hydrogen-bond donors (Lipinski definition) is 1. The Morgan fingerprint density at radius 3 is 2.77 bits per heavy atom. The van der Waals surface area contributed by atoms with Gasteiger partial charge in [0.05, 0.1) is 5.02 Å². The van der Waals surface area contributed by atoms with Gasteiger partial charge >= 0.3 is 0 Å². The van der Waals surface area contributed by atoms with E-state index in [1.807, 2.05) is 18.2 Å². The second kappa shape index (κ2) is 3.60. The van der Waals surface area contributed by atoms with Crippen LogP contribution in [0.25, 0.3) is 0 Å². The lowest BCUT2D eigenvalue weighted by Crippen LogP contribution is -2.12. The summed E-state index contributed by atoms with van der Waals surface area (Å²) in [6.07, 6.45) is 2.48. The van der Waals surface area contributed by atoms with Crippen LogP contribution < -0.4 is 5.73 Å². The van der Waals surface area contributed by atoms with Crippen molar-refractivity contribution in [1.29, 1.82) is 0 Å². The van der Waals surface area contributed by atoms with Gasteiger partial charge in [0, 0.05) is 10.5 Å². The van der Waals surface area contributed by atoms with E-state index in [9.17, 15) is 0 Å². The van der Waals surface area contributed by atoms with E-state index >= 15 is 0 Å². The fraction of sp³-hybridized carbons (Fsp3) is 0.400. The molecule has 1 aromatic rings. The highest BCUT2D eigenvalue weighted by atomic mass is 79.9. The van der Waals surface area contributed by atoms with Crippen LogP contribution >= 0.6 is 27.5 Å². The average molecular weight is 261 g/mol. The molecular weight excluding hydrogens is 249 g/mol. The van der Waals surface area contributed by atoms with E-state index in [0.29, 0.717) is 5.92 Å². The highest BCUT2D eigenvalue weighted by Gasteiger charge is 2.30. The summed E-state index contributed by atoms with van der Waals surface area (Å²) >= 11 is 9.53. The minimum atomic E-state index is 0.116. The normalized spacial score (nSPS) is 18.7. The van der Waals surface area contributed by atoms with Crippen LogP contribution in [0.3, 0.4) is 0 Å². The maximum atomic E-state index is 6.13. The largest absolute Gasteiger partial charge is 0.324 e. The molecule has 1 fully saturated rings. The predicted molar refractivity (Wildman–Crippen MR) is 58.8 cm³/mol.